The normalized spacial score (nSPS) is 23.1. The molecule has 0 saturated carbocycles. The molecule has 3 N–H and O–H groups in total. The molecule has 6 nitrogen and oxygen atoms in total. The average Bonchev–Trinajstić information content (AvgIpc) is 3.03. The largest absolute Gasteiger partial charge is 0.491 e. The lowest BCUT2D eigenvalue weighted by molar-refractivity contribution is -0.137. The number of aliphatic hydroxyl groups excluding tert-OH is 2. The highest BCUT2D eigenvalue weighted by Crippen LogP contribution is 2.26. The average molecular weight is 425 g/mol. The number of hydrogen-bond donors (Lipinski definition) is 3. The molecule has 0 spiro atoms. The third-order valence-electron chi connectivity index (χ3n) is 4.70. The summed E-state index contributed by atoms with van der Waals surface area (Å²) in [6, 6.07) is 6.97. The first-order chi connectivity index (χ1) is 14.0. The van der Waals surface area contributed by atoms with Crippen LogP contribution >= 0.6 is 11.6 Å². The van der Waals surface area contributed by atoms with Crippen LogP contribution in [-0.4, -0.2) is 52.8 Å². The third-order valence-corrected chi connectivity index (χ3v) is 4.94. The summed E-state index contributed by atoms with van der Waals surface area (Å²) in [6.45, 7) is 0.355. The minimum Gasteiger partial charge on any atom is -0.491 e. The van der Waals surface area contributed by atoms with Gasteiger partial charge in [-0.15, -0.1) is 0 Å². The molecule has 4 atom stereocenters. The molecular formula is C22H29ClO6. The highest BCUT2D eigenvalue weighted by Gasteiger charge is 2.33. The van der Waals surface area contributed by atoms with Crippen LogP contribution in [0.5, 0.6) is 5.75 Å². The maximum atomic E-state index is 10.5. The SMILES string of the molecule is O=C(O)CCCC/C=C\C[C@H]1[C@@H](O)CO[C@@H]1/C=C/[C@H](O)COc1cccc(Cl)c1. The van der Waals surface area contributed by atoms with Gasteiger partial charge in [0, 0.05) is 17.4 Å². The Morgan fingerprint density at radius 1 is 1.34 bits per heavy atom. The van der Waals surface area contributed by atoms with Crippen molar-refractivity contribution in [2.75, 3.05) is 13.2 Å². The van der Waals surface area contributed by atoms with Crippen molar-refractivity contribution in [3.63, 3.8) is 0 Å². The van der Waals surface area contributed by atoms with Crippen LogP contribution in [0.15, 0.2) is 48.6 Å². The van der Waals surface area contributed by atoms with Gasteiger partial charge < -0.3 is 24.8 Å². The molecule has 0 aliphatic carbocycles. The van der Waals surface area contributed by atoms with Crippen LogP contribution in [0.1, 0.15) is 32.1 Å². The van der Waals surface area contributed by atoms with Crippen molar-refractivity contribution in [1.82, 2.24) is 0 Å². The summed E-state index contributed by atoms with van der Waals surface area (Å²) in [5.41, 5.74) is 0. The van der Waals surface area contributed by atoms with Gasteiger partial charge in [-0.2, -0.15) is 0 Å². The van der Waals surface area contributed by atoms with Crippen LogP contribution < -0.4 is 4.74 Å². The number of aliphatic carboxylic acids is 1. The molecule has 2 rings (SSSR count). The van der Waals surface area contributed by atoms with Gasteiger partial charge in [-0.1, -0.05) is 42.0 Å². The molecule has 1 aromatic carbocycles. The van der Waals surface area contributed by atoms with Gasteiger partial charge in [0.05, 0.1) is 18.8 Å². The first-order valence-corrected chi connectivity index (χ1v) is 10.2. The van der Waals surface area contributed by atoms with E-state index in [1.54, 1.807) is 36.4 Å². The number of benzene rings is 1. The van der Waals surface area contributed by atoms with E-state index in [-0.39, 0.29) is 31.7 Å². The fraction of sp³-hybridized carbons (Fsp3) is 0.500. The molecule has 7 heteroatoms. The topological polar surface area (TPSA) is 96.2 Å². The second-order valence-electron chi connectivity index (χ2n) is 7.10. The first-order valence-electron chi connectivity index (χ1n) is 9.87. The minimum atomic E-state index is -0.805. The number of halogens is 1. The van der Waals surface area contributed by atoms with Crippen LogP contribution in [-0.2, 0) is 9.53 Å². The molecule has 0 radical (unpaired) electrons. The number of carboxylic acids is 1. The third kappa shape index (κ3) is 9.00. The second kappa shape index (κ2) is 12.6. The lowest BCUT2D eigenvalue weighted by atomic mass is 9.94. The zero-order chi connectivity index (χ0) is 21.1. The predicted octanol–water partition coefficient (Wildman–Crippen LogP) is 3.60. The van der Waals surface area contributed by atoms with Crippen molar-refractivity contribution in [1.29, 1.82) is 0 Å². The van der Waals surface area contributed by atoms with Crippen LogP contribution in [0.4, 0.5) is 0 Å². The van der Waals surface area contributed by atoms with Crippen molar-refractivity contribution in [3.8, 4) is 5.75 Å². The van der Waals surface area contributed by atoms with Crippen molar-refractivity contribution in [3.05, 3.63) is 53.6 Å². The monoisotopic (exact) mass is 424 g/mol. The van der Waals surface area contributed by atoms with E-state index in [9.17, 15) is 15.0 Å². The quantitative estimate of drug-likeness (QED) is 0.350. The highest BCUT2D eigenvalue weighted by molar-refractivity contribution is 6.30. The number of ether oxygens (including phenoxy) is 2. The van der Waals surface area contributed by atoms with Crippen LogP contribution in [0, 0.1) is 5.92 Å². The summed E-state index contributed by atoms with van der Waals surface area (Å²) >= 11 is 5.90. The summed E-state index contributed by atoms with van der Waals surface area (Å²) in [7, 11) is 0. The number of carbonyl (C=O) groups is 1. The van der Waals surface area contributed by atoms with Gasteiger partial charge in [-0.25, -0.2) is 0 Å². The number of hydrogen-bond acceptors (Lipinski definition) is 5. The highest BCUT2D eigenvalue weighted by atomic mass is 35.5. The Morgan fingerprint density at radius 3 is 2.93 bits per heavy atom. The van der Waals surface area contributed by atoms with Gasteiger partial charge in [0.15, 0.2) is 0 Å². The molecule has 1 saturated heterocycles. The molecule has 160 valence electrons. The van der Waals surface area contributed by atoms with Crippen LogP contribution in [0.3, 0.4) is 0 Å². The van der Waals surface area contributed by atoms with Crippen molar-refractivity contribution < 1.29 is 29.6 Å². The number of allylic oxidation sites excluding steroid dienone is 2. The zero-order valence-electron chi connectivity index (χ0n) is 16.3. The van der Waals surface area contributed by atoms with Crippen molar-refractivity contribution in [2.45, 2.75) is 50.4 Å². The van der Waals surface area contributed by atoms with Crippen LogP contribution in [0.25, 0.3) is 0 Å². The van der Waals surface area contributed by atoms with E-state index in [2.05, 4.69) is 0 Å². The fourth-order valence-corrected chi connectivity index (χ4v) is 3.29. The minimum absolute atomic E-state index is 0.0810. The van der Waals surface area contributed by atoms with Gasteiger partial charge in [0.2, 0.25) is 0 Å². The zero-order valence-corrected chi connectivity index (χ0v) is 17.1. The van der Waals surface area contributed by atoms with Crippen LogP contribution in [0.2, 0.25) is 5.02 Å². The standard InChI is InChI=1S/C22H29ClO6/c23-16-7-6-8-18(13-16)28-14-17(24)11-12-21-19(20(25)15-29-21)9-4-2-1-3-5-10-22(26)27/h2,4,6-8,11-13,17,19-21,24-25H,1,3,5,9-10,14-15H2,(H,26,27)/b4-2-,12-11+/t17-,19-,20-,21+/m0/s1. The Hall–Kier alpha value is -1.86. The van der Waals surface area contributed by atoms with E-state index in [1.807, 2.05) is 12.2 Å². The molecule has 29 heavy (non-hydrogen) atoms. The second-order valence-corrected chi connectivity index (χ2v) is 7.53. The Balaban J connectivity index is 1.73. The lowest BCUT2D eigenvalue weighted by Gasteiger charge is -2.16. The summed E-state index contributed by atoms with van der Waals surface area (Å²) in [5.74, 6) is -0.263. The summed E-state index contributed by atoms with van der Waals surface area (Å²) in [4.78, 5) is 10.5. The van der Waals surface area contributed by atoms with Gasteiger partial charge in [-0.3, -0.25) is 4.79 Å². The Labute approximate surface area is 176 Å². The molecule has 1 aliphatic heterocycles. The van der Waals surface area contributed by atoms with E-state index in [0.717, 1.165) is 12.8 Å². The maximum absolute atomic E-state index is 10.5. The Kier molecular flexibility index (Phi) is 10.2. The Morgan fingerprint density at radius 2 is 2.17 bits per heavy atom. The number of rotatable bonds is 12. The lowest BCUT2D eigenvalue weighted by Crippen LogP contribution is -2.23. The predicted molar refractivity (Wildman–Crippen MR) is 111 cm³/mol. The first kappa shape index (κ1) is 23.4. The van der Waals surface area contributed by atoms with Gasteiger partial charge in [0.25, 0.3) is 0 Å². The van der Waals surface area contributed by atoms with E-state index in [4.69, 9.17) is 26.2 Å². The van der Waals surface area contributed by atoms with E-state index < -0.39 is 18.2 Å². The van der Waals surface area contributed by atoms with Crippen molar-refractivity contribution in [2.24, 2.45) is 5.92 Å². The molecule has 1 fully saturated rings. The van der Waals surface area contributed by atoms with Gasteiger partial charge in [-0.05, 0) is 43.9 Å². The number of unbranched alkanes of at least 4 members (excludes halogenated alkanes) is 2. The molecule has 1 aliphatic rings. The fourth-order valence-electron chi connectivity index (χ4n) is 3.11. The van der Waals surface area contributed by atoms with E-state index >= 15 is 0 Å². The number of aliphatic hydroxyl groups is 2. The van der Waals surface area contributed by atoms with Gasteiger partial charge in [0.1, 0.15) is 18.5 Å². The smallest absolute Gasteiger partial charge is 0.303 e. The van der Waals surface area contributed by atoms with E-state index in [1.165, 1.54) is 0 Å². The van der Waals surface area contributed by atoms with Gasteiger partial charge >= 0.3 is 5.97 Å². The summed E-state index contributed by atoms with van der Waals surface area (Å²) in [6.07, 6.45) is 8.93. The molecule has 0 aromatic heterocycles. The summed E-state index contributed by atoms with van der Waals surface area (Å²) < 4.78 is 11.1. The molecule has 1 heterocycles. The van der Waals surface area contributed by atoms with Crippen molar-refractivity contribution >= 4 is 17.6 Å². The van der Waals surface area contributed by atoms with E-state index in [0.29, 0.717) is 23.6 Å². The molecule has 0 unspecified atom stereocenters. The Bertz CT molecular complexity index is 690. The molecule has 0 amide bonds. The molecule has 1 aromatic rings. The summed E-state index contributed by atoms with van der Waals surface area (Å²) in [5, 5.41) is 29.4. The molecular weight excluding hydrogens is 396 g/mol. The maximum Gasteiger partial charge on any atom is 0.303 e. The molecule has 0 bridgehead atoms. The number of carboxylic acid groups (broad SMARTS) is 1.